The van der Waals surface area contributed by atoms with Crippen LogP contribution in [0.4, 0.5) is 5.69 Å². The molecule has 1 aromatic heterocycles. The number of aryl methyl sites for hydroxylation is 1. The summed E-state index contributed by atoms with van der Waals surface area (Å²) in [6.07, 6.45) is 2.80. The minimum Gasteiger partial charge on any atom is -0.479 e. The molecule has 9 nitrogen and oxygen atoms in total. The van der Waals surface area contributed by atoms with E-state index in [9.17, 15) is 18.5 Å². The molecule has 0 atom stereocenters. The maximum Gasteiger partial charge on any atom is 0.310 e. The zero-order valence-corrected chi connectivity index (χ0v) is 18.0. The molecule has 1 aliphatic heterocycles. The van der Waals surface area contributed by atoms with Crippen LogP contribution >= 0.6 is 0 Å². The first-order valence-corrected chi connectivity index (χ1v) is 11.7. The molecule has 2 aromatic carbocycles. The van der Waals surface area contributed by atoms with Crippen LogP contribution in [0, 0.1) is 10.1 Å². The Morgan fingerprint density at radius 1 is 1.13 bits per heavy atom. The highest BCUT2D eigenvalue weighted by molar-refractivity contribution is 7.89. The summed E-state index contributed by atoms with van der Waals surface area (Å²) in [7, 11) is -3.56. The number of para-hydroxylation sites is 2. The second-order valence-corrected chi connectivity index (χ2v) is 9.34. The number of ether oxygens (including phenoxy) is 1. The predicted molar refractivity (Wildman–Crippen MR) is 115 cm³/mol. The quantitative estimate of drug-likeness (QED) is 0.406. The molecule has 164 valence electrons. The summed E-state index contributed by atoms with van der Waals surface area (Å²) in [4.78, 5) is 15.5. The molecule has 1 saturated heterocycles. The van der Waals surface area contributed by atoms with Crippen LogP contribution in [-0.2, 0) is 23.2 Å². The fourth-order valence-corrected chi connectivity index (χ4v) is 5.45. The minimum atomic E-state index is -3.56. The standard InChI is InChI=1S/C21H24N4O5S/c1-2-24-18-11-10-16(31(28,29)23-12-6-3-7-13-23)14-17(18)22-21(24)15-30-20-9-5-4-8-19(20)25(26)27/h4-5,8-11,14H,2-3,6-7,12-13,15H2,1H3. The molecular formula is C21H24N4O5S. The molecule has 0 amide bonds. The summed E-state index contributed by atoms with van der Waals surface area (Å²) in [6, 6.07) is 11.2. The third-order valence-electron chi connectivity index (χ3n) is 5.49. The summed E-state index contributed by atoms with van der Waals surface area (Å²) in [5.41, 5.74) is 1.24. The number of sulfonamides is 1. The summed E-state index contributed by atoms with van der Waals surface area (Å²) >= 11 is 0. The Bertz CT molecular complexity index is 1220. The first kappa shape index (κ1) is 21.3. The van der Waals surface area contributed by atoms with Gasteiger partial charge in [-0.05, 0) is 44.0 Å². The van der Waals surface area contributed by atoms with Crippen LogP contribution in [0.5, 0.6) is 5.75 Å². The van der Waals surface area contributed by atoms with Crippen molar-refractivity contribution in [1.29, 1.82) is 0 Å². The van der Waals surface area contributed by atoms with Gasteiger partial charge in [0, 0.05) is 25.7 Å². The molecule has 0 radical (unpaired) electrons. The van der Waals surface area contributed by atoms with Crippen molar-refractivity contribution in [3.63, 3.8) is 0 Å². The summed E-state index contributed by atoms with van der Waals surface area (Å²) in [6.45, 7) is 3.66. The zero-order valence-electron chi connectivity index (χ0n) is 17.2. The average molecular weight is 445 g/mol. The number of nitro benzene ring substituents is 1. The van der Waals surface area contributed by atoms with Crippen molar-refractivity contribution in [1.82, 2.24) is 13.9 Å². The molecule has 31 heavy (non-hydrogen) atoms. The largest absolute Gasteiger partial charge is 0.479 e. The van der Waals surface area contributed by atoms with E-state index in [-0.39, 0.29) is 22.9 Å². The van der Waals surface area contributed by atoms with E-state index in [0.29, 0.717) is 31.0 Å². The lowest BCUT2D eigenvalue weighted by Crippen LogP contribution is -2.35. The van der Waals surface area contributed by atoms with Gasteiger partial charge in [0.1, 0.15) is 12.4 Å². The van der Waals surface area contributed by atoms with Crippen molar-refractivity contribution in [2.24, 2.45) is 0 Å². The molecule has 0 unspecified atom stereocenters. The molecule has 0 spiro atoms. The number of rotatable bonds is 7. The minimum absolute atomic E-state index is 0.0293. The van der Waals surface area contributed by atoms with Gasteiger partial charge in [-0.3, -0.25) is 10.1 Å². The van der Waals surface area contributed by atoms with Crippen LogP contribution < -0.4 is 4.74 Å². The van der Waals surface area contributed by atoms with Gasteiger partial charge in [0.2, 0.25) is 10.0 Å². The Balaban J connectivity index is 1.64. The number of nitro groups is 1. The summed E-state index contributed by atoms with van der Waals surface area (Å²) < 4.78 is 35.2. The van der Waals surface area contributed by atoms with E-state index in [2.05, 4.69) is 4.98 Å². The monoisotopic (exact) mass is 444 g/mol. The zero-order chi connectivity index (χ0) is 22.0. The van der Waals surface area contributed by atoms with Crippen molar-refractivity contribution in [2.75, 3.05) is 13.1 Å². The van der Waals surface area contributed by atoms with E-state index in [0.717, 1.165) is 24.8 Å². The number of aromatic nitrogens is 2. The molecule has 0 aliphatic carbocycles. The fourth-order valence-electron chi connectivity index (χ4n) is 3.91. The highest BCUT2D eigenvalue weighted by atomic mass is 32.2. The number of imidazole rings is 1. The van der Waals surface area contributed by atoms with Crippen LogP contribution in [0.15, 0.2) is 47.4 Å². The summed E-state index contributed by atoms with van der Waals surface area (Å²) in [5.74, 6) is 0.735. The second kappa shape index (κ2) is 8.64. The number of piperidine rings is 1. The highest BCUT2D eigenvalue weighted by Gasteiger charge is 2.27. The Hall–Kier alpha value is -2.98. The predicted octanol–water partition coefficient (Wildman–Crippen LogP) is 3.72. The Morgan fingerprint density at radius 3 is 2.58 bits per heavy atom. The molecule has 4 rings (SSSR count). The van der Waals surface area contributed by atoms with Gasteiger partial charge in [-0.25, -0.2) is 13.4 Å². The van der Waals surface area contributed by atoms with Gasteiger partial charge in [-0.15, -0.1) is 0 Å². The van der Waals surface area contributed by atoms with Crippen LogP contribution in [0.1, 0.15) is 32.0 Å². The molecular weight excluding hydrogens is 420 g/mol. The van der Waals surface area contributed by atoms with Crippen molar-refractivity contribution in [2.45, 2.75) is 44.2 Å². The number of benzene rings is 2. The van der Waals surface area contributed by atoms with Crippen molar-refractivity contribution >= 4 is 26.7 Å². The lowest BCUT2D eigenvalue weighted by molar-refractivity contribution is -0.386. The van der Waals surface area contributed by atoms with E-state index < -0.39 is 14.9 Å². The van der Waals surface area contributed by atoms with Gasteiger partial charge < -0.3 is 9.30 Å². The van der Waals surface area contributed by atoms with Crippen molar-refractivity contribution < 1.29 is 18.1 Å². The molecule has 0 N–H and O–H groups in total. The van der Waals surface area contributed by atoms with Gasteiger partial charge in [-0.2, -0.15) is 4.31 Å². The van der Waals surface area contributed by atoms with E-state index >= 15 is 0 Å². The molecule has 0 bridgehead atoms. The first-order valence-electron chi connectivity index (χ1n) is 10.3. The third-order valence-corrected chi connectivity index (χ3v) is 7.38. The van der Waals surface area contributed by atoms with E-state index in [4.69, 9.17) is 4.74 Å². The first-order chi connectivity index (χ1) is 14.9. The van der Waals surface area contributed by atoms with Gasteiger partial charge in [0.25, 0.3) is 0 Å². The third kappa shape index (κ3) is 4.13. The topological polar surface area (TPSA) is 108 Å². The lowest BCUT2D eigenvalue weighted by Gasteiger charge is -2.25. The van der Waals surface area contributed by atoms with Crippen LogP contribution in [-0.4, -0.2) is 40.3 Å². The Kier molecular flexibility index (Phi) is 5.92. The second-order valence-electron chi connectivity index (χ2n) is 7.40. The van der Waals surface area contributed by atoms with Crippen LogP contribution in [0.2, 0.25) is 0 Å². The van der Waals surface area contributed by atoms with Crippen LogP contribution in [0.25, 0.3) is 11.0 Å². The smallest absolute Gasteiger partial charge is 0.310 e. The number of fused-ring (bicyclic) bond motifs is 1. The van der Waals surface area contributed by atoms with Gasteiger partial charge in [0.15, 0.2) is 5.75 Å². The van der Waals surface area contributed by atoms with E-state index in [1.807, 2.05) is 11.5 Å². The Morgan fingerprint density at radius 2 is 1.87 bits per heavy atom. The SMILES string of the molecule is CCn1c(COc2ccccc2[N+](=O)[O-])nc2cc(S(=O)(=O)N3CCCCC3)ccc21. The molecule has 1 aliphatic rings. The van der Waals surface area contributed by atoms with Gasteiger partial charge >= 0.3 is 5.69 Å². The van der Waals surface area contributed by atoms with Gasteiger partial charge in [0.05, 0.1) is 20.9 Å². The maximum atomic E-state index is 13.0. The maximum absolute atomic E-state index is 13.0. The van der Waals surface area contributed by atoms with Crippen LogP contribution in [0.3, 0.4) is 0 Å². The van der Waals surface area contributed by atoms with Crippen molar-refractivity contribution in [3.8, 4) is 5.75 Å². The average Bonchev–Trinajstić information content (AvgIpc) is 3.15. The summed E-state index contributed by atoms with van der Waals surface area (Å²) in [5, 5.41) is 11.2. The normalized spacial score (nSPS) is 15.3. The molecule has 10 heteroatoms. The lowest BCUT2D eigenvalue weighted by atomic mass is 10.2. The molecule has 3 aromatic rings. The van der Waals surface area contributed by atoms with Gasteiger partial charge in [-0.1, -0.05) is 18.6 Å². The molecule has 1 fully saturated rings. The fraction of sp³-hybridized carbons (Fsp3) is 0.381. The highest BCUT2D eigenvalue weighted by Crippen LogP contribution is 2.28. The van der Waals surface area contributed by atoms with Crippen molar-refractivity contribution in [3.05, 3.63) is 58.4 Å². The number of hydrogen-bond acceptors (Lipinski definition) is 6. The number of nitrogens with zero attached hydrogens (tertiary/aromatic N) is 4. The molecule has 0 saturated carbocycles. The number of hydrogen-bond donors (Lipinski definition) is 0. The molecule has 2 heterocycles. The Labute approximate surface area is 180 Å². The van der Waals surface area contributed by atoms with E-state index in [1.165, 1.54) is 10.4 Å². The van der Waals surface area contributed by atoms with E-state index in [1.54, 1.807) is 36.4 Å².